The molecule has 0 fully saturated rings. The van der Waals surface area contributed by atoms with Crippen molar-refractivity contribution >= 4 is 11.6 Å². The van der Waals surface area contributed by atoms with E-state index < -0.39 is 0 Å². The smallest absolute Gasteiger partial charge is 0.228 e. The maximum absolute atomic E-state index is 12.1. The Labute approximate surface area is 115 Å². The van der Waals surface area contributed by atoms with Crippen molar-refractivity contribution in [2.45, 2.75) is 38.8 Å². The summed E-state index contributed by atoms with van der Waals surface area (Å²) in [4.78, 5) is 13.8. The second-order valence-electron chi connectivity index (χ2n) is 4.85. The molecule has 0 heterocycles. The van der Waals surface area contributed by atoms with E-state index >= 15 is 0 Å². The first kappa shape index (κ1) is 15.7. The molecule has 0 aliphatic rings. The minimum Gasteiger partial charge on any atom is -0.395 e. The molecule has 106 valence electrons. The van der Waals surface area contributed by atoms with Crippen LogP contribution in [0.5, 0.6) is 0 Å². The van der Waals surface area contributed by atoms with Gasteiger partial charge in [0, 0.05) is 31.2 Å². The molecule has 0 saturated heterocycles. The summed E-state index contributed by atoms with van der Waals surface area (Å²) in [6.45, 7) is 4.08. The van der Waals surface area contributed by atoms with Crippen LogP contribution in [0.15, 0.2) is 30.3 Å². The monoisotopic (exact) mass is 264 g/mol. The summed E-state index contributed by atoms with van der Waals surface area (Å²) in [5.41, 5.74) is 0.897. The number of para-hydroxylation sites is 1. The van der Waals surface area contributed by atoms with Crippen molar-refractivity contribution in [3.05, 3.63) is 30.3 Å². The predicted molar refractivity (Wildman–Crippen MR) is 78.2 cm³/mol. The van der Waals surface area contributed by atoms with Gasteiger partial charge in [-0.05, 0) is 25.5 Å². The average Bonchev–Trinajstić information content (AvgIpc) is 2.44. The first-order chi connectivity index (χ1) is 9.08. The number of carbonyl (C=O) groups is 1. The number of aliphatic hydroxyl groups is 1. The van der Waals surface area contributed by atoms with Gasteiger partial charge >= 0.3 is 0 Å². The largest absolute Gasteiger partial charge is 0.395 e. The lowest BCUT2D eigenvalue weighted by Gasteiger charge is -2.23. The molecule has 4 nitrogen and oxygen atoms in total. The lowest BCUT2D eigenvalue weighted by molar-refractivity contribution is -0.118. The minimum atomic E-state index is 0.0516. The maximum atomic E-state index is 12.1. The van der Waals surface area contributed by atoms with Gasteiger partial charge in [0.15, 0.2) is 0 Å². The highest BCUT2D eigenvalue weighted by Gasteiger charge is 2.16. The van der Waals surface area contributed by atoms with Crippen molar-refractivity contribution in [1.82, 2.24) is 5.32 Å². The van der Waals surface area contributed by atoms with Gasteiger partial charge < -0.3 is 15.3 Å². The Hall–Kier alpha value is -1.39. The normalized spacial score (nSPS) is 13.9. The van der Waals surface area contributed by atoms with E-state index in [1.807, 2.05) is 44.2 Å². The molecule has 1 aromatic rings. The summed E-state index contributed by atoms with van der Waals surface area (Å²) in [5.74, 6) is 0.0685. The molecule has 2 N–H and O–H groups in total. The van der Waals surface area contributed by atoms with E-state index in [0.717, 1.165) is 12.1 Å². The second-order valence-corrected chi connectivity index (χ2v) is 4.85. The zero-order chi connectivity index (χ0) is 14.3. The second kappa shape index (κ2) is 7.92. The summed E-state index contributed by atoms with van der Waals surface area (Å²) < 4.78 is 0. The van der Waals surface area contributed by atoms with Gasteiger partial charge in [0.05, 0.1) is 6.61 Å². The third-order valence-electron chi connectivity index (χ3n) is 3.23. The fourth-order valence-electron chi connectivity index (χ4n) is 1.96. The van der Waals surface area contributed by atoms with Crippen LogP contribution in [0.1, 0.15) is 26.7 Å². The number of nitrogens with zero attached hydrogens (tertiary/aromatic N) is 1. The Kier molecular flexibility index (Phi) is 6.53. The van der Waals surface area contributed by atoms with Gasteiger partial charge in [0.2, 0.25) is 5.91 Å². The van der Waals surface area contributed by atoms with E-state index in [0.29, 0.717) is 6.42 Å². The van der Waals surface area contributed by atoms with Crippen LogP contribution in [0.25, 0.3) is 0 Å². The number of hydrogen-bond acceptors (Lipinski definition) is 3. The van der Waals surface area contributed by atoms with Crippen LogP contribution in [0.2, 0.25) is 0 Å². The molecular weight excluding hydrogens is 240 g/mol. The lowest BCUT2D eigenvalue weighted by Crippen LogP contribution is -2.41. The van der Waals surface area contributed by atoms with E-state index in [1.54, 1.807) is 11.9 Å². The summed E-state index contributed by atoms with van der Waals surface area (Å²) >= 11 is 0. The third kappa shape index (κ3) is 5.01. The van der Waals surface area contributed by atoms with Crippen molar-refractivity contribution in [2.75, 3.05) is 18.6 Å². The van der Waals surface area contributed by atoms with E-state index in [9.17, 15) is 4.79 Å². The Morgan fingerprint density at radius 2 is 2.00 bits per heavy atom. The molecule has 2 unspecified atom stereocenters. The molecule has 1 aromatic carbocycles. The molecule has 0 spiro atoms. The van der Waals surface area contributed by atoms with Crippen molar-refractivity contribution < 1.29 is 9.90 Å². The fraction of sp³-hybridized carbons (Fsp3) is 0.533. The van der Waals surface area contributed by atoms with Gasteiger partial charge in [0.25, 0.3) is 0 Å². The van der Waals surface area contributed by atoms with Crippen LogP contribution in [0.3, 0.4) is 0 Å². The van der Waals surface area contributed by atoms with Gasteiger partial charge in [-0.15, -0.1) is 0 Å². The molecule has 0 bridgehead atoms. The van der Waals surface area contributed by atoms with E-state index in [2.05, 4.69) is 5.32 Å². The Morgan fingerprint density at radius 3 is 2.53 bits per heavy atom. The minimum absolute atomic E-state index is 0.0516. The molecule has 1 amide bonds. The standard InChI is InChI=1S/C15H24N2O2/c1-4-13(11-18)16-12(2)10-15(19)17(3)14-8-6-5-7-9-14/h5-9,12-13,16,18H,4,10-11H2,1-3H3. The number of hydrogen-bond donors (Lipinski definition) is 2. The van der Waals surface area contributed by atoms with E-state index in [-0.39, 0.29) is 24.6 Å². The lowest BCUT2D eigenvalue weighted by atomic mass is 10.1. The van der Waals surface area contributed by atoms with E-state index in [4.69, 9.17) is 5.11 Å². The average molecular weight is 264 g/mol. The molecule has 19 heavy (non-hydrogen) atoms. The Morgan fingerprint density at radius 1 is 1.37 bits per heavy atom. The SMILES string of the molecule is CCC(CO)NC(C)CC(=O)N(C)c1ccccc1. The van der Waals surface area contributed by atoms with Crippen LogP contribution in [0.4, 0.5) is 5.69 Å². The molecule has 0 aromatic heterocycles. The molecule has 4 heteroatoms. The van der Waals surface area contributed by atoms with Crippen LogP contribution < -0.4 is 10.2 Å². The number of nitrogens with one attached hydrogen (secondary N) is 1. The van der Waals surface area contributed by atoms with Crippen molar-refractivity contribution in [2.24, 2.45) is 0 Å². The van der Waals surface area contributed by atoms with Crippen LogP contribution in [-0.4, -0.2) is 36.8 Å². The van der Waals surface area contributed by atoms with Gasteiger partial charge in [-0.25, -0.2) is 0 Å². The first-order valence-electron chi connectivity index (χ1n) is 6.77. The highest BCUT2D eigenvalue weighted by Crippen LogP contribution is 2.12. The molecule has 0 aliphatic carbocycles. The number of anilines is 1. The van der Waals surface area contributed by atoms with Crippen molar-refractivity contribution in [1.29, 1.82) is 0 Å². The Bertz CT molecular complexity index is 377. The number of rotatable bonds is 7. The number of carbonyl (C=O) groups excluding carboxylic acids is 1. The molecular formula is C15H24N2O2. The Balaban J connectivity index is 2.50. The van der Waals surface area contributed by atoms with Gasteiger partial charge in [-0.1, -0.05) is 25.1 Å². The molecule has 1 rings (SSSR count). The van der Waals surface area contributed by atoms with E-state index in [1.165, 1.54) is 0 Å². The third-order valence-corrected chi connectivity index (χ3v) is 3.23. The van der Waals surface area contributed by atoms with Crippen LogP contribution >= 0.6 is 0 Å². The summed E-state index contributed by atoms with van der Waals surface area (Å²) in [6, 6.07) is 9.70. The maximum Gasteiger partial charge on any atom is 0.228 e. The van der Waals surface area contributed by atoms with Gasteiger partial charge in [0.1, 0.15) is 0 Å². The fourth-order valence-corrected chi connectivity index (χ4v) is 1.96. The van der Waals surface area contributed by atoms with Crippen LogP contribution in [0, 0.1) is 0 Å². The molecule has 0 aliphatic heterocycles. The quantitative estimate of drug-likeness (QED) is 0.789. The number of aliphatic hydroxyl groups excluding tert-OH is 1. The van der Waals surface area contributed by atoms with Crippen molar-refractivity contribution in [3.63, 3.8) is 0 Å². The van der Waals surface area contributed by atoms with Crippen LogP contribution in [-0.2, 0) is 4.79 Å². The zero-order valence-electron chi connectivity index (χ0n) is 12.0. The first-order valence-corrected chi connectivity index (χ1v) is 6.77. The topological polar surface area (TPSA) is 52.6 Å². The van der Waals surface area contributed by atoms with Gasteiger partial charge in [-0.3, -0.25) is 4.79 Å². The molecule has 0 radical (unpaired) electrons. The number of amides is 1. The zero-order valence-corrected chi connectivity index (χ0v) is 12.0. The summed E-state index contributed by atoms with van der Waals surface area (Å²) in [6.07, 6.45) is 1.27. The highest BCUT2D eigenvalue weighted by molar-refractivity contribution is 5.93. The highest BCUT2D eigenvalue weighted by atomic mass is 16.3. The summed E-state index contributed by atoms with van der Waals surface area (Å²) in [5, 5.41) is 12.4. The molecule has 0 saturated carbocycles. The van der Waals surface area contributed by atoms with Gasteiger partial charge in [-0.2, -0.15) is 0 Å². The molecule has 2 atom stereocenters. The predicted octanol–water partition coefficient (Wildman–Crippen LogP) is 1.79. The number of benzene rings is 1. The van der Waals surface area contributed by atoms with Crippen molar-refractivity contribution in [3.8, 4) is 0 Å². The summed E-state index contributed by atoms with van der Waals surface area (Å²) in [7, 11) is 1.79.